The maximum Gasteiger partial charge on any atom is 0.224 e. The molecule has 1 saturated heterocycles. The highest BCUT2D eigenvalue weighted by atomic mass is 16.1. The number of likely N-dealkylation sites (tertiary alicyclic amines) is 1. The van der Waals surface area contributed by atoms with E-state index in [-0.39, 0.29) is 11.8 Å². The summed E-state index contributed by atoms with van der Waals surface area (Å²) in [4.78, 5) is 23.0. The van der Waals surface area contributed by atoms with Crippen LogP contribution in [0, 0.1) is 5.92 Å². The van der Waals surface area contributed by atoms with Gasteiger partial charge in [-0.2, -0.15) is 0 Å². The molecule has 3 heterocycles. The molecule has 5 rings (SSSR count). The average molecular weight is 448 g/mol. The van der Waals surface area contributed by atoms with E-state index in [2.05, 4.69) is 70.0 Å². The number of carbonyl (C=O) groups is 1. The number of amides is 1. The molecule has 4 atom stereocenters. The van der Waals surface area contributed by atoms with Crippen molar-refractivity contribution in [2.45, 2.75) is 70.4 Å². The van der Waals surface area contributed by atoms with E-state index in [1.54, 1.807) is 6.33 Å². The van der Waals surface area contributed by atoms with Crippen LogP contribution < -0.4 is 5.32 Å². The van der Waals surface area contributed by atoms with Gasteiger partial charge in [-0.1, -0.05) is 26.0 Å². The first-order valence-electron chi connectivity index (χ1n) is 12.7. The fourth-order valence-corrected chi connectivity index (χ4v) is 6.32. The molecule has 1 aromatic carbocycles. The van der Waals surface area contributed by atoms with Crippen LogP contribution >= 0.6 is 0 Å². The first kappa shape index (κ1) is 22.2. The molecule has 6 heteroatoms. The van der Waals surface area contributed by atoms with Gasteiger partial charge in [0, 0.05) is 66.5 Å². The second-order valence-electron chi connectivity index (χ2n) is 10.0. The van der Waals surface area contributed by atoms with E-state index < -0.39 is 0 Å². The van der Waals surface area contributed by atoms with Crippen molar-refractivity contribution >= 4 is 16.8 Å². The van der Waals surface area contributed by atoms with E-state index in [9.17, 15) is 4.79 Å². The van der Waals surface area contributed by atoms with Gasteiger partial charge in [-0.3, -0.25) is 4.79 Å². The lowest BCUT2D eigenvalue weighted by Gasteiger charge is -2.45. The average Bonchev–Trinajstić information content (AvgIpc) is 3.47. The second-order valence-corrected chi connectivity index (χ2v) is 10.0. The Morgan fingerprint density at radius 1 is 1.33 bits per heavy atom. The van der Waals surface area contributed by atoms with Crippen LogP contribution in [0.2, 0.25) is 0 Å². The maximum absolute atomic E-state index is 13.2. The number of nitrogens with one attached hydrogen (secondary N) is 2. The number of piperidine rings is 1. The Morgan fingerprint density at radius 2 is 2.21 bits per heavy atom. The summed E-state index contributed by atoms with van der Waals surface area (Å²) in [5, 5.41) is 4.71. The predicted octanol–water partition coefficient (Wildman–Crippen LogP) is 4.43. The van der Waals surface area contributed by atoms with E-state index in [1.807, 2.05) is 6.20 Å². The van der Waals surface area contributed by atoms with Crippen molar-refractivity contribution in [3.63, 3.8) is 0 Å². The number of fused-ring (bicyclic) bond motifs is 2. The van der Waals surface area contributed by atoms with Crippen LogP contribution in [0.5, 0.6) is 0 Å². The van der Waals surface area contributed by atoms with Gasteiger partial charge in [0.05, 0.1) is 12.2 Å². The summed E-state index contributed by atoms with van der Waals surface area (Å²) in [7, 11) is 2.20. The third-order valence-corrected chi connectivity index (χ3v) is 8.00. The minimum Gasteiger partial charge on any atom is -0.356 e. The summed E-state index contributed by atoms with van der Waals surface area (Å²) >= 11 is 0. The molecule has 6 nitrogen and oxygen atoms in total. The van der Waals surface area contributed by atoms with E-state index >= 15 is 0 Å². The smallest absolute Gasteiger partial charge is 0.224 e. The minimum absolute atomic E-state index is 0.0398. The van der Waals surface area contributed by atoms with Crippen molar-refractivity contribution in [2.75, 3.05) is 20.1 Å². The number of carbonyl (C=O) groups excluding carboxylic acids is 1. The van der Waals surface area contributed by atoms with Gasteiger partial charge in [-0.25, -0.2) is 4.98 Å². The van der Waals surface area contributed by atoms with Crippen LogP contribution in [0.3, 0.4) is 0 Å². The summed E-state index contributed by atoms with van der Waals surface area (Å²) < 4.78 is 2.43. The van der Waals surface area contributed by atoms with E-state index in [4.69, 9.17) is 0 Å². The van der Waals surface area contributed by atoms with Crippen molar-refractivity contribution < 1.29 is 4.79 Å². The van der Waals surface area contributed by atoms with Gasteiger partial charge in [0.15, 0.2) is 0 Å². The Kier molecular flexibility index (Phi) is 6.28. The van der Waals surface area contributed by atoms with Gasteiger partial charge >= 0.3 is 0 Å². The first-order valence-corrected chi connectivity index (χ1v) is 12.7. The fraction of sp³-hybridized carbons (Fsp3) is 0.556. The molecular formula is C27H37N5O. The lowest BCUT2D eigenvalue weighted by atomic mass is 9.72. The van der Waals surface area contributed by atoms with E-state index in [0.717, 1.165) is 50.9 Å². The van der Waals surface area contributed by atoms with Gasteiger partial charge in [0.1, 0.15) is 0 Å². The number of aromatic nitrogens is 3. The molecule has 1 aliphatic carbocycles. The molecular weight excluding hydrogens is 410 g/mol. The highest BCUT2D eigenvalue weighted by Gasteiger charge is 2.41. The van der Waals surface area contributed by atoms with Crippen LogP contribution in [0.1, 0.15) is 68.2 Å². The molecule has 3 aromatic rings. The number of imidazole rings is 1. The first-order chi connectivity index (χ1) is 16.1. The quantitative estimate of drug-likeness (QED) is 0.537. The van der Waals surface area contributed by atoms with Crippen molar-refractivity contribution in [2.24, 2.45) is 5.92 Å². The zero-order chi connectivity index (χ0) is 22.9. The number of nitrogens with zero attached hydrogens (tertiary/aromatic N) is 3. The molecule has 2 N–H and O–H groups in total. The highest BCUT2D eigenvalue weighted by Crippen LogP contribution is 2.45. The Labute approximate surface area is 196 Å². The van der Waals surface area contributed by atoms with Crippen molar-refractivity contribution in [3.8, 4) is 0 Å². The topological polar surface area (TPSA) is 66.0 Å². The molecule has 1 fully saturated rings. The lowest BCUT2D eigenvalue weighted by molar-refractivity contribution is -0.127. The maximum atomic E-state index is 13.2. The summed E-state index contributed by atoms with van der Waals surface area (Å²) in [5.74, 6) is 1.08. The lowest BCUT2D eigenvalue weighted by Crippen LogP contribution is -2.51. The molecule has 2 aliphatic rings. The van der Waals surface area contributed by atoms with Crippen molar-refractivity contribution in [1.29, 1.82) is 0 Å². The van der Waals surface area contributed by atoms with E-state index in [1.165, 1.54) is 22.0 Å². The number of hydrogen-bond acceptors (Lipinski definition) is 3. The molecule has 0 bridgehead atoms. The number of rotatable bonds is 8. The minimum atomic E-state index is 0.0398. The van der Waals surface area contributed by atoms with Gasteiger partial charge < -0.3 is 19.8 Å². The van der Waals surface area contributed by atoms with Crippen molar-refractivity contribution in [1.82, 2.24) is 24.8 Å². The monoisotopic (exact) mass is 447 g/mol. The Hall–Kier alpha value is -2.60. The highest BCUT2D eigenvalue weighted by molar-refractivity contribution is 5.89. The molecule has 0 radical (unpaired) electrons. The van der Waals surface area contributed by atoms with Gasteiger partial charge in [0.25, 0.3) is 0 Å². The second kappa shape index (κ2) is 9.34. The molecule has 33 heavy (non-hydrogen) atoms. The number of likely N-dealkylation sites (N-methyl/N-ethyl adjacent to an activating group) is 1. The molecule has 0 saturated carbocycles. The Balaban J connectivity index is 1.29. The third-order valence-electron chi connectivity index (χ3n) is 8.00. The number of benzene rings is 1. The number of hydrogen-bond donors (Lipinski definition) is 2. The standard InChI is InChI=1S/C27H37N5O/c1-4-11-32-16-19-13-25-22(21-7-6-8-24(32)26(19)21)12-20(15-31(25)3)27(33)29-10-9-18(5-2)23-14-28-17-30-23/h6-8,14,16-18,20,22,25H,4-5,9-13,15H2,1-3H3,(H,28,30)(H,29,33)/t18?,20-,22?,25-/m1/s1. The van der Waals surface area contributed by atoms with Crippen LogP contribution in [0.25, 0.3) is 10.9 Å². The van der Waals surface area contributed by atoms with Crippen LogP contribution in [0.15, 0.2) is 36.9 Å². The van der Waals surface area contributed by atoms with Crippen LogP contribution in [-0.4, -0.2) is 51.5 Å². The normalized spacial score (nSPS) is 23.4. The van der Waals surface area contributed by atoms with Crippen LogP contribution in [-0.2, 0) is 17.8 Å². The molecule has 2 unspecified atom stereocenters. The molecule has 176 valence electrons. The van der Waals surface area contributed by atoms with Gasteiger partial charge in [0.2, 0.25) is 5.91 Å². The van der Waals surface area contributed by atoms with Crippen molar-refractivity contribution in [3.05, 3.63) is 53.7 Å². The zero-order valence-electron chi connectivity index (χ0n) is 20.2. The zero-order valence-corrected chi connectivity index (χ0v) is 20.2. The number of aromatic amines is 1. The van der Waals surface area contributed by atoms with Gasteiger partial charge in [-0.05, 0) is 56.3 Å². The summed E-state index contributed by atoms with van der Waals surface area (Å²) in [5.41, 5.74) is 5.45. The molecule has 1 amide bonds. The largest absolute Gasteiger partial charge is 0.356 e. The van der Waals surface area contributed by atoms with Crippen LogP contribution in [0.4, 0.5) is 0 Å². The number of H-pyrrole nitrogens is 1. The van der Waals surface area contributed by atoms with Gasteiger partial charge in [-0.15, -0.1) is 0 Å². The Morgan fingerprint density at radius 3 is 2.97 bits per heavy atom. The number of aryl methyl sites for hydroxylation is 1. The molecule has 1 aliphatic heterocycles. The summed E-state index contributed by atoms with van der Waals surface area (Å²) in [6, 6.07) is 7.26. The Bertz CT molecular complexity index is 1100. The fourth-order valence-electron chi connectivity index (χ4n) is 6.32. The van der Waals surface area contributed by atoms with E-state index in [0.29, 0.717) is 24.4 Å². The summed E-state index contributed by atoms with van der Waals surface area (Å²) in [6.07, 6.45) is 11.2. The summed E-state index contributed by atoms with van der Waals surface area (Å²) in [6.45, 7) is 7.04. The SMILES string of the molecule is CCCn1cc2c3c(cccc31)C1C[C@@H](C(=O)NCCC(CC)c3cnc[nH]3)CN(C)[C@@H]1C2. The third kappa shape index (κ3) is 4.10. The molecule has 2 aromatic heterocycles. The molecule has 0 spiro atoms. The predicted molar refractivity (Wildman–Crippen MR) is 132 cm³/mol.